The highest BCUT2D eigenvalue weighted by Gasteiger charge is 2.16. The van der Waals surface area contributed by atoms with Gasteiger partial charge in [-0.2, -0.15) is 5.10 Å². The van der Waals surface area contributed by atoms with Crippen molar-refractivity contribution >= 4 is 11.4 Å². The summed E-state index contributed by atoms with van der Waals surface area (Å²) in [5.41, 5.74) is 4.42. The summed E-state index contributed by atoms with van der Waals surface area (Å²) < 4.78 is 0. The number of benzene rings is 2. The van der Waals surface area contributed by atoms with E-state index in [1.54, 1.807) is 0 Å². The van der Waals surface area contributed by atoms with Crippen LogP contribution in [0.4, 0.5) is 0 Å². The van der Waals surface area contributed by atoms with Gasteiger partial charge in [-0.05, 0) is 25.2 Å². The maximum Gasteiger partial charge on any atom is 0.100 e. The van der Waals surface area contributed by atoms with Crippen LogP contribution < -0.4 is 0 Å². The Labute approximate surface area is 132 Å². The van der Waals surface area contributed by atoms with E-state index in [0.29, 0.717) is 5.92 Å². The van der Waals surface area contributed by atoms with Gasteiger partial charge < -0.3 is 0 Å². The predicted octanol–water partition coefficient (Wildman–Crippen LogP) is 5.09. The molecule has 1 fully saturated rings. The highest BCUT2D eigenvalue weighted by Crippen LogP contribution is 2.21. The van der Waals surface area contributed by atoms with E-state index >= 15 is 0 Å². The number of hydrogen-bond acceptors (Lipinski definition) is 2. The van der Waals surface area contributed by atoms with Crippen molar-refractivity contribution in [3.63, 3.8) is 0 Å². The molecule has 1 atom stereocenters. The molecule has 0 radical (unpaired) electrons. The first-order valence-electron chi connectivity index (χ1n) is 8.10. The molecule has 2 aromatic rings. The molecule has 1 aliphatic rings. The summed E-state index contributed by atoms with van der Waals surface area (Å²) >= 11 is 0. The quantitative estimate of drug-likeness (QED) is 0.555. The molecule has 0 saturated heterocycles. The van der Waals surface area contributed by atoms with Crippen LogP contribution in [0.5, 0.6) is 0 Å². The van der Waals surface area contributed by atoms with Gasteiger partial charge in [-0.15, -0.1) is 5.10 Å². The molecule has 1 saturated carbocycles. The molecule has 1 unspecified atom stereocenters. The van der Waals surface area contributed by atoms with E-state index in [1.807, 2.05) is 36.4 Å². The lowest BCUT2D eigenvalue weighted by atomic mass is 9.89. The third-order valence-corrected chi connectivity index (χ3v) is 4.26. The Morgan fingerprint density at radius 3 is 2.00 bits per heavy atom. The van der Waals surface area contributed by atoms with Crippen LogP contribution in [0.25, 0.3) is 0 Å². The van der Waals surface area contributed by atoms with Crippen molar-refractivity contribution in [2.45, 2.75) is 32.6 Å². The average Bonchev–Trinajstić information content (AvgIpc) is 2.59. The summed E-state index contributed by atoms with van der Waals surface area (Å²) in [6, 6.07) is 20.6. The fourth-order valence-corrected chi connectivity index (χ4v) is 2.91. The maximum absolute atomic E-state index is 4.64. The molecule has 0 spiro atoms. The smallest absolute Gasteiger partial charge is 0.100 e. The zero-order valence-electron chi connectivity index (χ0n) is 13.1. The Morgan fingerprint density at radius 2 is 1.45 bits per heavy atom. The Kier molecular flexibility index (Phi) is 4.79. The number of rotatable bonds is 3. The molecule has 0 bridgehead atoms. The third kappa shape index (κ3) is 3.51. The summed E-state index contributed by atoms with van der Waals surface area (Å²) in [6.45, 7) is 2.26. The molecule has 2 aromatic carbocycles. The van der Waals surface area contributed by atoms with Gasteiger partial charge in [0.2, 0.25) is 0 Å². The van der Waals surface area contributed by atoms with Crippen molar-refractivity contribution in [1.82, 2.24) is 0 Å². The Bertz CT molecular complexity index is 615. The van der Waals surface area contributed by atoms with Crippen LogP contribution >= 0.6 is 0 Å². The van der Waals surface area contributed by atoms with Gasteiger partial charge in [0.1, 0.15) is 5.71 Å². The molecule has 112 valence electrons. The molecule has 2 nitrogen and oxygen atoms in total. The fraction of sp³-hybridized carbons (Fsp3) is 0.300. The molecule has 0 aromatic heterocycles. The molecule has 2 heteroatoms. The Balaban J connectivity index is 1.99. The van der Waals surface area contributed by atoms with Crippen LogP contribution in [0.1, 0.15) is 43.7 Å². The van der Waals surface area contributed by atoms with Crippen molar-refractivity contribution in [1.29, 1.82) is 0 Å². The summed E-state index contributed by atoms with van der Waals surface area (Å²) in [4.78, 5) is 0. The normalized spacial score (nSPS) is 19.9. The lowest BCUT2D eigenvalue weighted by molar-refractivity contribution is 0.557. The minimum atomic E-state index is 0.560. The lowest BCUT2D eigenvalue weighted by Gasteiger charge is -2.19. The minimum Gasteiger partial charge on any atom is -0.159 e. The lowest BCUT2D eigenvalue weighted by Crippen LogP contribution is -2.16. The molecule has 22 heavy (non-hydrogen) atoms. The van der Waals surface area contributed by atoms with Crippen molar-refractivity contribution in [3.05, 3.63) is 71.8 Å². The molecular formula is C20H22N2. The van der Waals surface area contributed by atoms with Gasteiger partial charge in [-0.1, -0.05) is 74.0 Å². The van der Waals surface area contributed by atoms with Crippen molar-refractivity contribution in [2.75, 3.05) is 0 Å². The van der Waals surface area contributed by atoms with Gasteiger partial charge in [-0.25, -0.2) is 0 Å². The Hall–Kier alpha value is -2.22. The van der Waals surface area contributed by atoms with E-state index in [4.69, 9.17) is 0 Å². The van der Waals surface area contributed by atoms with Crippen LogP contribution in [0, 0.1) is 5.92 Å². The van der Waals surface area contributed by atoms with Crippen molar-refractivity contribution in [3.8, 4) is 0 Å². The van der Waals surface area contributed by atoms with Crippen LogP contribution in [-0.4, -0.2) is 11.4 Å². The van der Waals surface area contributed by atoms with Gasteiger partial charge >= 0.3 is 0 Å². The maximum atomic E-state index is 4.64. The minimum absolute atomic E-state index is 0.560. The van der Waals surface area contributed by atoms with E-state index in [2.05, 4.69) is 41.4 Å². The summed E-state index contributed by atoms with van der Waals surface area (Å²) in [5, 5.41) is 9.26. The molecule has 3 rings (SSSR count). The third-order valence-electron chi connectivity index (χ3n) is 4.26. The van der Waals surface area contributed by atoms with Gasteiger partial charge in [0.05, 0.1) is 0 Å². The molecule has 0 amide bonds. The first-order chi connectivity index (χ1) is 10.8. The predicted molar refractivity (Wildman–Crippen MR) is 93.6 cm³/mol. The van der Waals surface area contributed by atoms with E-state index < -0.39 is 0 Å². The molecular weight excluding hydrogens is 268 g/mol. The average molecular weight is 290 g/mol. The van der Waals surface area contributed by atoms with Crippen LogP contribution in [-0.2, 0) is 0 Å². The standard InChI is InChI=1S/C20H22N2/c1-16-10-8-9-15-19(16)21-22-20(17-11-4-2-5-12-17)18-13-6-3-7-14-18/h2-7,11-14,16H,8-10,15H2,1H3/b21-19-. The monoisotopic (exact) mass is 290 g/mol. The van der Waals surface area contributed by atoms with Crippen LogP contribution in [0.2, 0.25) is 0 Å². The van der Waals surface area contributed by atoms with E-state index in [-0.39, 0.29) is 0 Å². The van der Waals surface area contributed by atoms with Gasteiger partial charge in [-0.3, -0.25) is 0 Å². The van der Waals surface area contributed by atoms with Gasteiger partial charge in [0.25, 0.3) is 0 Å². The van der Waals surface area contributed by atoms with Crippen molar-refractivity contribution in [2.24, 2.45) is 16.1 Å². The second kappa shape index (κ2) is 7.17. The second-order valence-corrected chi connectivity index (χ2v) is 5.92. The zero-order chi connectivity index (χ0) is 15.2. The fourth-order valence-electron chi connectivity index (χ4n) is 2.91. The molecule has 0 heterocycles. The SMILES string of the molecule is CC1CCCC/C1=N/N=C(c1ccccc1)c1ccccc1. The number of hydrogen-bond donors (Lipinski definition) is 0. The summed E-state index contributed by atoms with van der Waals surface area (Å²) in [5.74, 6) is 0.560. The highest BCUT2D eigenvalue weighted by molar-refractivity contribution is 6.13. The first kappa shape index (κ1) is 14.7. The highest BCUT2D eigenvalue weighted by atomic mass is 15.2. The topological polar surface area (TPSA) is 24.7 Å². The molecule has 0 N–H and O–H groups in total. The van der Waals surface area contributed by atoms with Gasteiger partial charge in [0.15, 0.2) is 0 Å². The van der Waals surface area contributed by atoms with Crippen molar-refractivity contribution < 1.29 is 0 Å². The van der Waals surface area contributed by atoms with Gasteiger partial charge in [0, 0.05) is 16.8 Å². The Morgan fingerprint density at radius 1 is 0.864 bits per heavy atom. The summed E-state index contributed by atoms with van der Waals surface area (Å²) in [6.07, 6.45) is 4.88. The van der Waals surface area contributed by atoms with Crippen LogP contribution in [0.15, 0.2) is 70.9 Å². The molecule has 1 aliphatic carbocycles. The second-order valence-electron chi connectivity index (χ2n) is 5.92. The summed E-state index contributed by atoms with van der Waals surface area (Å²) in [7, 11) is 0. The number of nitrogens with zero attached hydrogens (tertiary/aromatic N) is 2. The van der Waals surface area contributed by atoms with E-state index in [1.165, 1.54) is 25.0 Å². The van der Waals surface area contributed by atoms with Crippen LogP contribution in [0.3, 0.4) is 0 Å². The largest absolute Gasteiger partial charge is 0.159 e. The van der Waals surface area contributed by atoms with E-state index in [0.717, 1.165) is 23.3 Å². The first-order valence-corrected chi connectivity index (χ1v) is 8.10. The molecule has 0 aliphatic heterocycles. The zero-order valence-corrected chi connectivity index (χ0v) is 13.1. The van der Waals surface area contributed by atoms with E-state index in [9.17, 15) is 0 Å².